The zero-order valence-electron chi connectivity index (χ0n) is 24.0. The second-order valence-corrected chi connectivity index (χ2v) is 15.2. The quantitative estimate of drug-likeness (QED) is 0.225. The van der Waals surface area contributed by atoms with Crippen LogP contribution < -0.4 is 19.2 Å². The van der Waals surface area contributed by atoms with Gasteiger partial charge in [-0.1, -0.05) is 51.5 Å². The first kappa shape index (κ1) is 28.2. The molecule has 2 bridgehead atoms. The van der Waals surface area contributed by atoms with Crippen molar-refractivity contribution in [1.29, 1.82) is 0 Å². The van der Waals surface area contributed by atoms with E-state index in [0.29, 0.717) is 18.0 Å². The number of anilines is 1. The zero-order valence-corrected chi connectivity index (χ0v) is 27.2. The van der Waals surface area contributed by atoms with Crippen LogP contribution in [0.4, 0.5) is 5.69 Å². The maximum absolute atomic E-state index is 14.1. The first-order chi connectivity index (χ1) is 21.3. The van der Waals surface area contributed by atoms with Crippen molar-refractivity contribution in [3.8, 4) is 11.5 Å². The summed E-state index contributed by atoms with van der Waals surface area (Å²) in [4.78, 5) is 46.2. The molecule has 2 aliphatic heterocycles. The number of thioether (sulfide) groups is 1. The molecule has 0 unspecified atom stereocenters. The number of methoxy groups -OCH3 is 1. The van der Waals surface area contributed by atoms with Crippen LogP contribution in [0.2, 0.25) is 0 Å². The standard InChI is InChI=1S/C34H29BrN2O5S2/c1-16-5-3-4-6-17(16)15-42-24-12-7-18(35)13-21(24)25-26-22-14-23(29(26)43-31-30(25)44-34(40)36-31)28-27(22)32(38)37(33(28)39)19-8-10-20(41-2)11-9-19/h3-13,22-23,25-29H,14-15H2,1-2H3,(H,36,40)/t22-,23-,25+,26+,27+,28+,29-/m1/s1. The summed E-state index contributed by atoms with van der Waals surface area (Å²) in [5, 5.41) is 0.976. The molecule has 44 heavy (non-hydrogen) atoms. The first-order valence-electron chi connectivity index (χ1n) is 14.7. The van der Waals surface area contributed by atoms with Crippen LogP contribution in [0.3, 0.4) is 0 Å². The summed E-state index contributed by atoms with van der Waals surface area (Å²) in [6, 6.07) is 21.4. The van der Waals surface area contributed by atoms with Gasteiger partial charge in [-0.15, -0.1) is 11.8 Å². The summed E-state index contributed by atoms with van der Waals surface area (Å²) in [7, 11) is 1.59. The number of ether oxygens (including phenoxy) is 2. The van der Waals surface area contributed by atoms with Crippen molar-refractivity contribution < 1.29 is 19.1 Å². The Kier molecular flexibility index (Phi) is 6.80. The number of imide groups is 1. The minimum Gasteiger partial charge on any atom is -0.497 e. The molecule has 224 valence electrons. The predicted molar refractivity (Wildman–Crippen MR) is 174 cm³/mol. The van der Waals surface area contributed by atoms with E-state index in [2.05, 4.69) is 46.0 Å². The molecule has 7 nitrogen and oxygen atoms in total. The number of nitrogens with zero attached hydrogens (tertiary/aromatic N) is 1. The molecule has 2 aliphatic carbocycles. The van der Waals surface area contributed by atoms with Crippen LogP contribution in [0.5, 0.6) is 11.5 Å². The van der Waals surface area contributed by atoms with E-state index in [0.717, 1.165) is 43.2 Å². The van der Waals surface area contributed by atoms with Crippen LogP contribution in [0.25, 0.3) is 0 Å². The fraction of sp³-hybridized carbons (Fsp3) is 0.324. The summed E-state index contributed by atoms with van der Waals surface area (Å²) in [6.45, 7) is 2.50. The van der Waals surface area contributed by atoms with Crippen LogP contribution in [0.1, 0.15) is 33.9 Å². The molecule has 1 saturated heterocycles. The molecule has 10 heteroatoms. The van der Waals surface area contributed by atoms with Crippen molar-refractivity contribution in [1.82, 2.24) is 4.98 Å². The molecule has 3 heterocycles. The Hall–Kier alpha value is -3.34. The normalized spacial score (nSPS) is 28.2. The second kappa shape index (κ2) is 10.6. The van der Waals surface area contributed by atoms with E-state index in [1.54, 1.807) is 43.1 Å². The third-order valence-corrected chi connectivity index (χ3v) is 13.1. The van der Waals surface area contributed by atoms with Crippen molar-refractivity contribution in [2.24, 2.45) is 29.6 Å². The molecule has 2 amide bonds. The first-order valence-corrected chi connectivity index (χ1v) is 17.2. The van der Waals surface area contributed by atoms with Crippen molar-refractivity contribution in [3.05, 3.63) is 102 Å². The molecule has 3 fully saturated rings. The number of carbonyl (C=O) groups is 2. The molecule has 4 aliphatic rings. The Balaban J connectivity index is 1.19. The number of hydrogen-bond acceptors (Lipinski definition) is 7. The number of halogens is 1. The lowest BCUT2D eigenvalue weighted by Crippen LogP contribution is -2.42. The Labute approximate surface area is 271 Å². The number of fused-ring (bicyclic) bond motifs is 9. The van der Waals surface area contributed by atoms with Gasteiger partial charge in [0.05, 0.1) is 29.7 Å². The number of amides is 2. The molecular formula is C34H29BrN2O5S2. The van der Waals surface area contributed by atoms with E-state index in [9.17, 15) is 14.4 Å². The fourth-order valence-electron chi connectivity index (χ4n) is 8.17. The molecule has 0 radical (unpaired) electrons. The largest absolute Gasteiger partial charge is 0.497 e. The van der Waals surface area contributed by atoms with Gasteiger partial charge in [-0.3, -0.25) is 19.3 Å². The van der Waals surface area contributed by atoms with Gasteiger partial charge in [0.1, 0.15) is 18.1 Å². The van der Waals surface area contributed by atoms with Crippen molar-refractivity contribution >= 4 is 56.5 Å². The van der Waals surface area contributed by atoms with Crippen LogP contribution in [0, 0.1) is 36.5 Å². The number of rotatable bonds is 6. The highest BCUT2D eigenvalue weighted by atomic mass is 79.9. The van der Waals surface area contributed by atoms with Crippen molar-refractivity contribution in [3.63, 3.8) is 0 Å². The summed E-state index contributed by atoms with van der Waals surface area (Å²) in [5.41, 5.74) is 3.87. The summed E-state index contributed by atoms with van der Waals surface area (Å²) in [5.74, 6) is 0.491. The molecule has 0 spiro atoms. The summed E-state index contributed by atoms with van der Waals surface area (Å²) >= 11 is 6.64. The molecule has 7 atom stereocenters. The molecular weight excluding hydrogens is 660 g/mol. The molecule has 4 aromatic rings. The van der Waals surface area contributed by atoms with Gasteiger partial charge in [-0.05, 0) is 84.7 Å². The highest BCUT2D eigenvalue weighted by Crippen LogP contribution is 2.69. The Bertz CT molecular complexity index is 1870. The lowest BCUT2D eigenvalue weighted by Gasteiger charge is -2.43. The topological polar surface area (TPSA) is 88.7 Å². The zero-order chi connectivity index (χ0) is 30.3. The van der Waals surface area contributed by atoms with Gasteiger partial charge in [-0.25, -0.2) is 0 Å². The van der Waals surface area contributed by atoms with E-state index in [1.807, 2.05) is 24.3 Å². The number of carbonyl (C=O) groups excluding carboxylic acids is 2. The number of aromatic amines is 1. The molecule has 1 N–H and O–H groups in total. The van der Waals surface area contributed by atoms with Crippen LogP contribution in [-0.4, -0.2) is 29.2 Å². The van der Waals surface area contributed by atoms with Gasteiger partial charge in [0.25, 0.3) is 0 Å². The van der Waals surface area contributed by atoms with Crippen molar-refractivity contribution in [2.75, 3.05) is 12.0 Å². The SMILES string of the molecule is COc1ccc(N2C(=O)[C@H]3[C@H]4C[C@@H]([C@@H]3C2=O)[C@H]2[C@H](c3cc(Br)ccc3OCc3ccccc3C)c3sc(=O)[nH]c3S[C@H]42)cc1. The average Bonchev–Trinajstić information content (AvgIpc) is 3.76. The lowest BCUT2D eigenvalue weighted by atomic mass is 9.68. The highest BCUT2D eigenvalue weighted by molar-refractivity contribution is 9.10. The number of hydrogen-bond donors (Lipinski definition) is 1. The van der Waals surface area contributed by atoms with Crippen LogP contribution in [0.15, 0.2) is 81.0 Å². The third kappa shape index (κ3) is 4.24. The lowest BCUT2D eigenvalue weighted by molar-refractivity contribution is -0.123. The number of aryl methyl sites for hydroxylation is 1. The van der Waals surface area contributed by atoms with E-state index >= 15 is 0 Å². The number of benzene rings is 3. The maximum Gasteiger partial charge on any atom is 0.305 e. The number of H-pyrrole nitrogens is 1. The van der Waals surface area contributed by atoms with Gasteiger partial charge in [0, 0.05) is 26.1 Å². The van der Waals surface area contributed by atoms with Gasteiger partial charge < -0.3 is 14.5 Å². The Morgan fingerprint density at radius 2 is 1.73 bits per heavy atom. The monoisotopic (exact) mass is 688 g/mol. The van der Waals surface area contributed by atoms with Gasteiger partial charge in [0.2, 0.25) is 11.8 Å². The van der Waals surface area contributed by atoms with E-state index in [4.69, 9.17) is 9.47 Å². The fourth-order valence-corrected chi connectivity index (χ4v) is 11.4. The van der Waals surface area contributed by atoms with Gasteiger partial charge >= 0.3 is 4.87 Å². The minimum atomic E-state index is -0.375. The smallest absolute Gasteiger partial charge is 0.305 e. The van der Waals surface area contributed by atoms with Gasteiger partial charge in [-0.2, -0.15) is 0 Å². The molecule has 3 aromatic carbocycles. The third-order valence-electron chi connectivity index (χ3n) is 10.0. The second-order valence-electron chi connectivity index (χ2n) is 12.1. The van der Waals surface area contributed by atoms with Crippen molar-refractivity contribution in [2.45, 2.75) is 36.1 Å². The minimum absolute atomic E-state index is 0.0146. The summed E-state index contributed by atoms with van der Waals surface area (Å²) < 4.78 is 12.7. The number of nitrogens with one attached hydrogen (secondary N) is 1. The maximum atomic E-state index is 14.1. The predicted octanol–water partition coefficient (Wildman–Crippen LogP) is 6.77. The molecule has 2 saturated carbocycles. The van der Waals surface area contributed by atoms with Crippen LogP contribution >= 0.6 is 39.0 Å². The number of thiazole rings is 1. The van der Waals surface area contributed by atoms with E-state index in [-0.39, 0.29) is 57.4 Å². The van der Waals surface area contributed by atoms with E-state index in [1.165, 1.54) is 16.2 Å². The summed E-state index contributed by atoms with van der Waals surface area (Å²) in [6.07, 6.45) is 0.828. The van der Waals surface area contributed by atoms with Gasteiger partial charge in [0.15, 0.2) is 0 Å². The Morgan fingerprint density at radius 1 is 0.977 bits per heavy atom. The molecule has 1 aromatic heterocycles. The van der Waals surface area contributed by atoms with E-state index < -0.39 is 0 Å². The van der Waals surface area contributed by atoms with Crippen LogP contribution in [-0.2, 0) is 16.2 Å². The Morgan fingerprint density at radius 3 is 2.48 bits per heavy atom. The molecule has 8 rings (SSSR count). The number of aromatic nitrogens is 1. The average molecular weight is 690 g/mol. The highest BCUT2D eigenvalue weighted by Gasteiger charge is 2.69.